The molecule has 1 aliphatic carbocycles. The minimum absolute atomic E-state index is 0.0315. The van der Waals surface area contributed by atoms with E-state index in [-0.39, 0.29) is 11.7 Å². The molecule has 3 heteroatoms. The molecular weight excluding hydrogens is 190 g/mol. The molecular formula is C12H13NO2. The van der Waals surface area contributed by atoms with Crippen molar-refractivity contribution >= 4 is 17.4 Å². The van der Waals surface area contributed by atoms with E-state index in [0.29, 0.717) is 12.8 Å². The summed E-state index contributed by atoms with van der Waals surface area (Å²) in [5.74, 6) is -0.197. The Labute approximate surface area is 88.5 Å². The monoisotopic (exact) mass is 203 g/mol. The SMILES string of the molecule is CC(=O)C1(C(=O)Nc2ccccc2)CC1. The summed E-state index contributed by atoms with van der Waals surface area (Å²) in [6.45, 7) is 1.48. The molecule has 0 aliphatic heterocycles. The van der Waals surface area contributed by atoms with Gasteiger partial charge in [0, 0.05) is 5.69 Å². The highest BCUT2D eigenvalue weighted by Gasteiger charge is 2.54. The molecule has 2 rings (SSSR count). The molecule has 1 amide bonds. The summed E-state index contributed by atoms with van der Waals surface area (Å²) >= 11 is 0. The molecule has 1 N–H and O–H groups in total. The van der Waals surface area contributed by atoms with Crippen LogP contribution in [0.3, 0.4) is 0 Å². The van der Waals surface area contributed by atoms with E-state index in [9.17, 15) is 9.59 Å². The molecule has 0 spiro atoms. The summed E-state index contributed by atoms with van der Waals surface area (Å²) < 4.78 is 0. The number of Topliss-reactive ketones (excluding diaryl/α,β-unsaturated/α-hetero) is 1. The van der Waals surface area contributed by atoms with E-state index >= 15 is 0 Å². The van der Waals surface area contributed by atoms with E-state index in [4.69, 9.17) is 0 Å². The third kappa shape index (κ3) is 1.77. The topological polar surface area (TPSA) is 46.2 Å². The average Bonchev–Trinajstić information content (AvgIpc) is 2.99. The number of rotatable bonds is 3. The highest BCUT2D eigenvalue weighted by molar-refractivity contribution is 6.12. The van der Waals surface area contributed by atoms with Gasteiger partial charge in [-0.2, -0.15) is 0 Å². The first kappa shape index (κ1) is 9.90. The predicted molar refractivity (Wildman–Crippen MR) is 57.4 cm³/mol. The van der Waals surface area contributed by atoms with Crippen LogP contribution in [-0.2, 0) is 9.59 Å². The van der Waals surface area contributed by atoms with Crippen molar-refractivity contribution in [2.75, 3.05) is 5.32 Å². The normalized spacial score (nSPS) is 16.9. The van der Waals surface area contributed by atoms with E-state index < -0.39 is 5.41 Å². The van der Waals surface area contributed by atoms with Crippen molar-refractivity contribution in [1.82, 2.24) is 0 Å². The van der Waals surface area contributed by atoms with Gasteiger partial charge in [-0.25, -0.2) is 0 Å². The minimum Gasteiger partial charge on any atom is -0.325 e. The van der Waals surface area contributed by atoms with Crippen LogP contribution in [0.15, 0.2) is 30.3 Å². The Morgan fingerprint density at radius 3 is 2.27 bits per heavy atom. The fourth-order valence-corrected chi connectivity index (χ4v) is 1.64. The van der Waals surface area contributed by atoms with Crippen LogP contribution in [0.5, 0.6) is 0 Å². The molecule has 0 aromatic heterocycles. The van der Waals surface area contributed by atoms with Crippen LogP contribution in [0.1, 0.15) is 19.8 Å². The Morgan fingerprint density at radius 2 is 1.80 bits per heavy atom. The lowest BCUT2D eigenvalue weighted by molar-refractivity contribution is -0.131. The molecule has 0 radical (unpaired) electrons. The molecule has 0 bridgehead atoms. The third-order valence-corrected chi connectivity index (χ3v) is 2.89. The molecule has 1 saturated carbocycles. The largest absolute Gasteiger partial charge is 0.325 e. The summed E-state index contributed by atoms with van der Waals surface area (Å²) in [6.07, 6.45) is 1.36. The summed E-state index contributed by atoms with van der Waals surface area (Å²) in [4.78, 5) is 23.1. The average molecular weight is 203 g/mol. The van der Waals surface area contributed by atoms with E-state index in [0.717, 1.165) is 5.69 Å². The van der Waals surface area contributed by atoms with Gasteiger partial charge in [0.2, 0.25) is 5.91 Å². The number of amides is 1. The van der Waals surface area contributed by atoms with E-state index in [2.05, 4.69) is 5.32 Å². The molecule has 0 unspecified atom stereocenters. The first-order valence-corrected chi connectivity index (χ1v) is 5.03. The number of anilines is 1. The molecule has 0 heterocycles. The van der Waals surface area contributed by atoms with Gasteiger partial charge in [0.1, 0.15) is 11.2 Å². The Balaban J connectivity index is 2.08. The lowest BCUT2D eigenvalue weighted by atomic mass is 10.0. The van der Waals surface area contributed by atoms with E-state index in [1.807, 2.05) is 30.3 Å². The number of ketones is 1. The van der Waals surface area contributed by atoms with Crippen LogP contribution >= 0.6 is 0 Å². The van der Waals surface area contributed by atoms with Crippen molar-refractivity contribution in [2.45, 2.75) is 19.8 Å². The summed E-state index contributed by atoms with van der Waals surface area (Å²) in [7, 11) is 0. The van der Waals surface area contributed by atoms with Gasteiger partial charge in [-0.05, 0) is 31.9 Å². The van der Waals surface area contributed by atoms with Gasteiger partial charge in [-0.1, -0.05) is 18.2 Å². The first-order chi connectivity index (χ1) is 7.15. The second kappa shape index (κ2) is 3.50. The lowest BCUT2D eigenvalue weighted by Gasteiger charge is -2.11. The maximum atomic E-state index is 11.8. The molecule has 15 heavy (non-hydrogen) atoms. The smallest absolute Gasteiger partial charge is 0.238 e. The highest BCUT2D eigenvalue weighted by Crippen LogP contribution is 2.47. The zero-order valence-electron chi connectivity index (χ0n) is 8.62. The molecule has 1 fully saturated rings. The zero-order chi connectivity index (χ0) is 10.9. The Kier molecular flexibility index (Phi) is 2.31. The maximum Gasteiger partial charge on any atom is 0.238 e. The van der Waals surface area contributed by atoms with Crippen LogP contribution in [0.4, 0.5) is 5.69 Å². The van der Waals surface area contributed by atoms with Crippen LogP contribution in [-0.4, -0.2) is 11.7 Å². The van der Waals surface area contributed by atoms with Crippen molar-refractivity contribution in [2.24, 2.45) is 5.41 Å². The van der Waals surface area contributed by atoms with Crippen molar-refractivity contribution in [1.29, 1.82) is 0 Å². The predicted octanol–water partition coefficient (Wildman–Crippen LogP) is 1.99. The number of para-hydroxylation sites is 1. The standard InChI is InChI=1S/C12H13NO2/c1-9(14)12(7-8-12)11(15)13-10-5-3-2-4-6-10/h2-6H,7-8H2,1H3,(H,13,15). The quantitative estimate of drug-likeness (QED) is 0.763. The summed E-state index contributed by atoms with van der Waals surface area (Å²) in [5.41, 5.74) is 0.0190. The molecule has 1 aromatic carbocycles. The van der Waals surface area contributed by atoms with Gasteiger partial charge in [-0.3, -0.25) is 9.59 Å². The number of carbonyl (C=O) groups is 2. The van der Waals surface area contributed by atoms with Gasteiger partial charge in [-0.15, -0.1) is 0 Å². The fraction of sp³-hybridized carbons (Fsp3) is 0.333. The van der Waals surface area contributed by atoms with Crippen molar-refractivity contribution < 1.29 is 9.59 Å². The number of benzene rings is 1. The van der Waals surface area contributed by atoms with Crippen LogP contribution in [0.2, 0.25) is 0 Å². The van der Waals surface area contributed by atoms with Gasteiger partial charge in [0.05, 0.1) is 0 Å². The molecule has 3 nitrogen and oxygen atoms in total. The number of hydrogen-bond acceptors (Lipinski definition) is 2. The van der Waals surface area contributed by atoms with Crippen molar-refractivity contribution in [3.05, 3.63) is 30.3 Å². The Hall–Kier alpha value is -1.64. The van der Waals surface area contributed by atoms with E-state index in [1.54, 1.807) is 0 Å². The fourth-order valence-electron chi connectivity index (χ4n) is 1.64. The number of hydrogen-bond donors (Lipinski definition) is 1. The van der Waals surface area contributed by atoms with Gasteiger partial charge in [0.15, 0.2) is 0 Å². The van der Waals surface area contributed by atoms with Crippen LogP contribution in [0.25, 0.3) is 0 Å². The first-order valence-electron chi connectivity index (χ1n) is 5.03. The van der Waals surface area contributed by atoms with Gasteiger partial charge >= 0.3 is 0 Å². The number of carbonyl (C=O) groups excluding carboxylic acids is 2. The molecule has 78 valence electrons. The molecule has 0 saturated heterocycles. The van der Waals surface area contributed by atoms with Gasteiger partial charge < -0.3 is 5.32 Å². The summed E-state index contributed by atoms with van der Waals surface area (Å²) in [5, 5.41) is 2.77. The maximum absolute atomic E-state index is 11.8. The minimum atomic E-state index is -0.726. The highest BCUT2D eigenvalue weighted by atomic mass is 16.2. The Bertz CT molecular complexity index is 393. The third-order valence-electron chi connectivity index (χ3n) is 2.89. The molecule has 0 atom stereocenters. The molecule has 1 aromatic rings. The van der Waals surface area contributed by atoms with Crippen LogP contribution in [0, 0.1) is 5.41 Å². The van der Waals surface area contributed by atoms with Crippen molar-refractivity contribution in [3.63, 3.8) is 0 Å². The second-order valence-corrected chi connectivity index (χ2v) is 3.96. The lowest BCUT2D eigenvalue weighted by Crippen LogP contribution is -2.29. The summed E-state index contributed by atoms with van der Waals surface area (Å²) in [6, 6.07) is 9.21. The molecule has 1 aliphatic rings. The van der Waals surface area contributed by atoms with Crippen LogP contribution < -0.4 is 5.32 Å². The second-order valence-electron chi connectivity index (χ2n) is 3.96. The van der Waals surface area contributed by atoms with Crippen molar-refractivity contribution in [3.8, 4) is 0 Å². The zero-order valence-corrected chi connectivity index (χ0v) is 8.62. The van der Waals surface area contributed by atoms with Gasteiger partial charge in [0.25, 0.3) is 0 Å². The number of nitrogens with one attached hydrogen (secondary N) is 1. The Morgan fingerprint density at radius 1 is 1.20 bits per heavy atom. The van der Waals surface area contributed by atoms with E-state index in [1.165, 1.54) is 6.92 Å².